The number of halogens is 1. The van der Waals surface area contributed by atoms with E-state index in [1.807, 2.05) is 48.5 Å². The number of aromatic nitrogens is 4. The van der Waals surface area contributed by atoms with Gasteiger partial charge in [0.1, 0.15) is 5.58 Å². The summed E-state index contributed by atoms with van der Waals surface area (Å²) < 4.78 is 9.40. The predicted molar refractivity (Wildman–Crippen MR) is 123 cm³/mol. The molecule has 3 aromatic heterocycles. The molecule has 0 saturated heterocycles. The Kier molecular flexibility index (Phi) is 4.09. The van der Waals surface area contributed by atoms with Crippen LogP contribution in [0.25, 0.3) is 33.3 Å². The fraction of sp³-hybridized carbons (Fsp3) is 0. The van der Waals surface area contributed by atoms with Crippen LogP contribution in [0.4, 0.5) is 0 Å². The maximum absolute atomic E-state index is 13.5. The molecule has 8 heteroatoms. The number of nitrogens with zero attached hydrogens (tertiary/aromatic N) is 4. The summed E-state index contributed by atoms with van der Waals surface area (Å²) in [5, 5.41) is 5.68. The van der Waals surface area contributed by atoms with Gasteiger partial charge < -0.3 is 4.42 Å². The first-order valence-corrected chi connectivity index (χ1v) is 10.6. The van der Waals surface area contributed by atoms with Crippen LogP contribution in [-0.4, -0.2) is 24.9 Å². The summed E-state index contributed by atoms with van der Waals surface area (Å²) in [4.78, 5) is 31.5. The number of furan rings is 1. The van der Waals surface area contributed by atoms with Crippen molar-refractivity contribution >= 4 is 49.4 Å². The van der Waals surface area contributed by atoms with Gasteiger partial charge in [0.05, 0.1) is 16.6 Å². The molecular formula is C24H13BrN4O3. The summed E-state index contributed by atoms with van der Waals surface area (Å²) in [6.45, 7) is 0. The highest BCUT2D eigenvalue weighted by molar-refractivity contribution is 9.10. The van der Waals surface area contributed by atoms with Gasteiger partial charge in [0, 0.05) is 9.86 Å². The van der Waals surface area contributed by atoms with E-state index in [-0.39, 0.29) is 22.9 Å². The van der Waals surface area contributed by atoms with Crippen LogP contribution in [0.3, 0.4) is 0 Å². The summed E-state index contributed by atoms with van der Waals surface area (Å²) in [5.41, 5.74) is 1.41. The quantitative estimate of drug-likeness (QED) is 0.337. The van der Waals surface area contributed by atoms with Crippen LogP contribution in [0, 0.1) is 0 Å². The standard InChI is InChI=1S/C24H13BrN4O3/c25-15-10-11-19-14(12-15)13-20(32-19)21(30)22-27-29(16-6-2-1-3-7-16)24-26-18-9-5-4-8-17(18)23(31)28(22)24/h1-13H. The number of ketones is 1. The van der Waals surface area contributed by atoms with E-state index in [0.29, 0.717) is 22.2 Å². The van der Waals surface area contributed by atoms with Crippen LogP contribution in [0.2, 0.25) is 0 Å². The predicted octanol–water partition coefficient (Wildman–Crippen LogP) is 4.77. The van der Waals surface area contributed by atoms with Crippen molar-refractivity contribution in [2.75, 3.05) is 0 Å². The van der Waals surface area contributed by atoms with Crippen molar-refractivity contribution in [3.05, 3.63) is 105 Å². The lowest BCUT2D eigenvalue weighted by atomic mass is 10.2. The highest BCUT2D eigenvalue weighted by Gasteiger charge is 2.25. The number of benzene rings is 3. The normalized spacial score (nSPS) is 11.5. The van der Waals surface area contributed by atoms with Crippen LogP contribution < -0.4 is 5.56 Å². The SMILES string of the molecule is O=C(c1cc2cc(Br)ccc2o1)c1nn(-c2ccccc2)c2nc3ccccc3c(=O)n12. The number of hydrogen-bond donors (Lipinski definition) is 0. The van der Waals surface area contributed by atoms with Crippen molar-refractivity contribution in [2.24, 2.45) is 0 Å². The van der Waals surface area contributed by atoms with Gasteiger partial charge in [0.2, 0.25) is 11.6 Å². The molecule has 0 saturated carbocycles. The Bertz CT molecular complexity index is 1730. The fourth-order valence-electron chi connectivity index (χ4n) is 3.76. The van der Waals surface area contributed by atoms with Gasteiger partial charge in [-0.15, -0.1) is 5.10 Å². The first-order chi connectivity index (χ1) is 15.6. The van der Waals surface area contributed by atoms with Crippen LogP contribution >= 0.6 is 15.9 Å². The number of hydrogen-bond acceptors (Lipinski definition) is 5. The van der Waals surface area contributed by atoms with E-state index >= 15 is 0 Å². The zero-order valence-electron chi connectivity index (χ0n) is 16.4. The first-order valence-electron chi connectivity index (χ1n) is 9.80. The van der Waals surface area contributed by atoms with Gasteiger partial charge in [0.15, 0.2) is 5.76 Å². The third-order valence-corrected chi connectivity index (χ3v) is 5.75. The molecule has 0 spiro atoms. The molecule has 0 aliphatic rings. The molecule has 0 amide bonds. The van der Waals surface area contributed by atoms with Gasteiger partial charge in [-0.3, -0.25) is 9.59 Å². The van der Waals surface area contributed by atoms with E-state index in [9.17, 15) is 9.59 Å². The van der Waals surface area contributed by atoms with E-state index in [0.717, 1.165) is 9.86 Å². The minimum atomic E-state index is -0.504. The Hall–Kier alpha value is -4.04. The van der Waals surface area contributed by atoms with Gasteiger partial charge in [-0.25, -0.2) is 9.38 Å². The van der Waals surface area contributed by atoms with Crippen molar-refractivity contribution in [1.29, 1.82) is 0 Å². The second-order valence-corrected chi connectivity index (χ2v) is 8.18. The molecule has 3 aromatic carbocycles. The summed E-state index contributed by atoms with van der Waals surface area (Å²) >= 11 is 3.42. The lowest BCUT2D eigenvalue weighted by Crippen LogP contribution is -2.19. The smallest absolute Gasteiger partial charge is 0.268 e. The highest BCUT2D eigenvalue weighted by atomic mass is 79.9. The maximum Gasteiger partial charge on any atom is 0.268 e. The van der Waals surface area contributed by atoms with Crippen LogP contribution in [-0.2, 0) is 0 Å². The minimum absolute atomic E-state index is 0.0646. The van der Waals surface area contributed by atoms with Crippen LogP contribution in [0.5, 0.6) is 0 Å². The lowest BCUT2D eigenvalue weighted by molar-refractivity contribution is 0.0999. The van der Waals surface area contributed by atoms with Gasteiger partial charge in [0.25, 0.3) is 11.3 Å². The van der Waals surface area contributed by atoms with E-state index in [1.165, 1.54) is 9.08 Å². The second-order valence-electron chi connectivity index (χ2n) is 7.26. The van der Waals surface area contributed by atoms with E-state index in [1.54, 1.807) is 30.3 Å². The summed E-state index contributed by atoms with van der Waals surface area (Å²) in [6, 6.07) is 23.4. The lowest BCUT2D eigenvalue weighted by Gasteiger charge is -2.03. The second kappa shape index (κ2) is 7.00. The van der Waals surface area contributed by atoms with Gasteiger partial charge >= 0.3 is 0 Å². The molecule has 0 aliphatic carbocycles. The van der Waals surface area contributed by atoms with Gasteiger partial charge in [-0.1, -0.05) is 46.3 Å². The van der Waals surface area contributed by atoms with E-state index < -0.39 is 5.78 Å². The number of para-hydroxylation sites is 2. The molecule has 0 fully saturated rings. The highest BCUT2D eigenvalue weighted by Crippen LogP contribution is 2.25. The molecule has 0 radical (unpaired) electrons. The van der Waals surface area contributed by atoms with Crippen LogP contribution in [0.1, 0.15) is 16.4 Å². The molecule has 0 N–H and O–H groups in total. The third-order valence-electron chi connectivity index (χ3n) is 5.26. The average molecular weight is 485 g/mol. The third kappa shape index (κ3) is 2.80. The van der Waals surface area contributed by atoms with E-state index in [4.69, 9.17) is 4.42 Å². The first kappa shape index (κ1) is 18.7. The number of rotatable bonds is 3. The van der Waals surface area contributed by atoms with Crippen LogP contribution in [0.15, 0.2) is 92.5 Å². The topological polar surface area (TPSA) is 82.4 Å². The molecule has 32 heavy (non-hydrogen) atoms. The Labute approximate surface area is 188 Å². The molecular weight excluding hydrogens is 472 g/mol. The van der Waals surface area contributed by atoms with Crippen molar-refractivity contribution in [2.45, 2.75) is 0 Å². The molecule has 0 atom stereocenters. The Morgan fingerprint density at radius 2 is 1.72 bits per heavy atom. The van der Waals surface area contributed by atoms with Crippen molar-refractivity contribution in [3.8, 4) is 5.69 Å². The molecule has 6 aromatic rings. The largest absolute Gasteiger partial charge is 0.452 e. The molecule has 0 unspecified atom stereocenters. The Morgan fingerprint density at radius 3 is 2.56 bits per heavy atom. The molecule has 154 valence electrons. The molecule has 0 bridgehead atoms. The minimum Gasteiger partial charge on any atom is -0.452 e. The number of carbonyl (C=O) groups excluding carboxylic acids is 1. The summed E-state index contributed by atoms with van der Waals surface area (Å²) in [5.74, 6) is -0.221. The monoisotopic (exact) mass is 484 g/mol. The summed E-state index contributed by atoms with van der Waals surface area (Å²) in [7, 11) is 0. The van der Waals surface area contributed by atoms with Crippen molar-refractivity contribution in [3.63, 3.8) is 0 Å². The van der Waals surface area contributed by atoms with Crippen molar-refractivity contribution < 1.29 is 9.21 Å². The average Bonchev–Trinajstić information content (AvgIpc) is 3.41. The fourth-order valence-corrected chi connectivity index (χ4v) is 4.14. The number of fused-ring (bicyclic) bond motifs is 3. The van der Waals surface area contributed by atoms with E-state index in [2.05, 4.69) is 26.0 Å². The van der Waals surface area contributed by atoms with Crippen molar-refractivity contribution in [1.82, 2.24) is 19.2 Å². The Balaban J connectivity index is 1.66. The number of carbonyl (C=O) groups is 1. The Morgan fingerprint density at radius 1 is 0.938 bits per heavy atom. The zero-order valence-corrected chi connectivity index (χ0v) is 18.0. The maximum atomic E-state index is 13.5. The summed E-state index contributed by atoms with van der Waals surface area (Å²) in [6.07, 6.45) is 0. The molecule has 6 rings (SSSR count). The zero-order chi connectivity index (χ0) is 21.8. The molecule has 0 aliphatic heterocycles. The van der Waals surface area contributed by atoms with Gasteiger partial charge in [-0.2, -0.15) is 4.68 Å². The molecule has 7 nitrogen and oxygen atoms in total. The molecule has 3 heterocycles. The van der Waals surface area contributed by atoms with Gasteiger partial charge in [-0.05, 0) is 48.5 Å².